The standard InChI is InChI=1S/C21H24N4O/c1-14-10-11-25-18(12-14)23-15(2)19(25)20(26)24-22-13-16-6-8-17(9-7-16)21(3,4)5/h6-13H,1-5H3,(H,24,26)/b22-13-. The number of aromatic nitrogens is 2. The van der Waals surface area contributed by atoms with E-state index >= 15 is 0 Å². The highest BCUT2D eigenvalue weighted by molar-refractivity contribution is 5.95. The second-order valence-corrected chi connectivity index (χ2v) is 7.55. The molecule has 0 aliphatic carbocycles. The smallest absolute Gasteiger partial charge is 0.290 e. The van der Waals surface area contributed by atoms with Crippen molar-refractivity contribution in [2.45, 2.75) is 40.0 Å². The monoisotopic (exact) mass is 348 g/mol. The molecule has 0 unspecified atom stereocenters. The number of rotatable bonds is 3. The zero-order valence-corrected chi connectivity index (χ0v) is 15.9. The summed E-state index contributed by atoms with van der Waals surface area (Å²) in [4.78, 5) is 17.0. The number of pyridine rings is 1. The second kappa shape index (κ2) is 6.75. The predicted molar refractivity (Wildman–Crippen MR) is 105 cm³/mol. The van der Waals surface area contributed by atoms with Crippen LogP contribution in [0.3, 0.4) is 0 Å². The maximum absolute atomic E-state index is 12.5. The maximum atomic E-state index is 12.5. The quantitative estimate of drug-likeness (QED) is 0.574. The summed E-state index contributed by atoms with van der Waals surface area (Å²) < 4.78 is 1.78. The number of carbonyl (C=O) groups is 1. The van der Waals surface area contributed by atoms with Crippen molar-refractivity contribution in [2.75, 3.05) is 0 Å². The SMILES string of the molecule is Cc1ccn2c(C(=O)N/N=C\c3ccc(C(C)(C)C)cc3)c(C)nc2c1. The van der Waals surface area contributed by atoms with Gasteiger partial charge in [-0.25, -0.2) is 10.4 Å². The summed E-state index contributed by atoms with van der Waals surface area (Å²) in [7, 11) is 0. The average Bonchev–Trinajstić information content (AvgIpc) is 2.89. The van der Waals surface area contributed by atoms with Gasteiger partial charge in [0, 0.05) is 6.20 Å². The van der Waals surface area contributed by atoms with Gasteiger partial charge in [0.2, 0.25) is 0 Å². The van der Waals surface area contributed by atoms with E-state index in [4.69, 9.17) is 0 Å². The second-order valence-electron chi connectivity index (χ2n) is 7.55. The Labute approximate surface area is 153 Å². The van der Waals surface area contributed by atoms with E-state index in [0.717, 1.165) is 16.8 Å². The average molecular weight is 348 g/mol. The molecule has 0 saturated heterocycles. The fourth-order valence-electron chi connectivity index (χ4n) is 2.83. The van der Waals surface area contributed by atoms with Crippen molar-refractivity contribution in [3.63, 3.8) is 0 Å². The van der Waals surface area contributed by atoms with Crippen molar-refractivity contribution >= 4 is 17.8 Å². The number of amides is 1. The van der Waals surface area contributed by atoms with E-state index in [-0.39, 0.29) is 11.3 Å². The van der Waals surface area contributed by atoms with E-state index in [0.29, 0.717) is 11.4 Å². The molecule has 1 amide bonds. The van der Waals surface area contributed by atoms with E-state index in [9.17, 15) is 4.79 Å². The molecule has 0 radical (unpaired) electrons. The van der Waals surface area contributed by atoms with Crippen molar-refractivity contribution in [1.82, 2.24) is 14.8 Å². The molecule has 1 N–H and O–H groups in total. The summed E-state index contributed by atoms with van der Waals surface area (Å²) in [5, 5.41) is 4.09. The van der Waals surface area contributed by atoms with Crippen molar-refractivity contribution in [3.05, 3.63) is 70.7 Å². The molecule has 26 heavy (non-hydrogen) atoms. The molecular formula is C21H24N4O. The summed E-state index contributed by atoms with van der Waals surface area (Å²) >= 11 is 0. The third-order valence-corrected chi connectivity index (χ3v) is 4.33. The maximum Gasteiger partial charge on any atom is 0.290 e. The molecule has 0 fully saturated rings. The summed E-state index contributed by atoms with van der Waals surface area (Å²) in [6.45, 7) is 10.4. The van der Waals surface area contributed by atoms with Crippen LogP contribution in [0.5, 0.6) is 0 Å². The van der Waals surface area contributed by atoms with Gasteiger partial charge in [-0.05, 0) is 48.1 Å². The van der Waals surface area contributed by atoms with E-state index in [2.05, 4.69) is 48.4 Å². The van der Waals surface area contributed by atoms with E-state index in [1.807, 2.05) is 44.3 Å². The lowest BCUT2D eigenvalue weighted by Crippen LogP contribution is -2.20. The molecule has 3 rings (SSSR count). The first-order valence-electron chi connectivity index (χ1n) is 8.65. The minimum atomic E-state index is -0.276. The lowest BCUT2D eigenvalue weighted by molar-refractivity contribution is 0.0948. The van der Waals surface area contributed by atoms with E-state index in [1.54, 1.807) is 10.6 Å². The zero-order chi connectivity index (χ0) is 18.9. The molecule has 0 aliphatic heterocycles. The van der Waals surface area contributed by atoms with Crippen LogP contribution in [0.15, 0.2) is 47.7 Å². The van der Waals surface area contributed by atoms with Crippen LogP contribution in [0, 0.1) is 13.8 Å². The molecule has 3 aromatic rings. The molecule has 0 bridgehead atoms. The number of imidazole rings is 1. The number of nitrogens with one attached hydrogen (secondary N) is 1. The Morgan fingerprint density at radius 1 is 1.15 bits per heavy atom. The van der Waals surface area contributed by atoms with Gasteiger partial charge >= 0.3 is 0 Å². The molecule has 5 nitrogen and oxygen atoms in total. The summed E-state index contributed by atoms with van der Waals surface area (Å²) in [6, 6.07) is 12.1. The molecule has 1 aromatic carbocycles. The normalized spacial score (nSPS) is 12.0. The first-order chi connectivity index (χ1) is 12.3. The van der Waals surface area contributed by atoms with E-state index in [1.165, 1.54) is 5.56 Å². The number of hydrogen-bond donors (Lipinski definition) is 1. The van der Waals surface area contributed by atoms with Crippen LogP contribution in [-0.2, 0) is 5.41 Å². The Morgan fingerprint density at radius 3 is 2.50 bits per heavy atom. The van der Waals surface area contributed by atoms with Crippen LogP contribution in [-0.4, -0.2) is 21.5 Å². The topological polar surface area (TPSA) is 58.8 Å². The number of benzene rings is 1. The van der Waals surface area contributed by atoms with Gasteiger partial charge in [-0.15, -0.1) is 0 Å². The predicted octanol–water partition coefficient (Wildman–Crippen LogP) is 4.01. The number of carbonyl (C=O) groups excluding carboxylic acids is 1. The Kier molecular flexibility index (Phi) is 4.64. The van der Waals surface area contributed by atoms with Crippen molar-refractivity contribution in [3.8, 4) is 0 Å². The number of nitrogens with zero attached hydrogens (tertiary/aromatic N) is 3. The lowest BCUT2D eigenvalue weighted by atomic mass is 9.87. The third kappa shape index (κ3) is 3.67. The fourth-order valence-corrected chi connectivity index (χ4v) is 2.83. The fraction of sp³-hybridized carbons (Fsp3) is 0.286. The molecule has 2 aromatic heterocycles. The number of fused-ring (bicyclic) bond motifs is 1. The molecule has 134 valence electrons. The minimum Gasteiger partial charge on any atom is -0.295 e. The number of hydrogen-bond acceptors (Lipinski definition) is 3. The van der Waals surface area contributed by atoms with Crippen LogP contribution in [0.4, 0.5) is 0 Å². The molecule has 0 saturated carbocycles. The first kappa shape index (κ1) is 17.9. The van der Waals surface area contributed by atoms with Crippen LogP contribution in [0.25, 0.3) is 5.65 Å². The van der Waals surface area contributed by atoms with Gasteiger partial charge in [0.15, 0.2) is 0 Å². The van der Waals surface area contributed by atoms with Gasteiger partial charge < -0.3 is 0 Å². The first-order valence-corrected chi connectivity index (χ1v) is 8.65. The van der Waals surface area contributed by atoms with Gasteiger partial charge in [-0.1, -0.05) is 45.0 Å². The molecule has 0 spiro atoms. The number of hydrazone groups is 1. The Bertz CT molecular complexity index is 976. The van der Waals surface area contributed by atoms with Crippen molar-refractivity contribution < 1.29 is 4.79 Å². The Morgan fingerprint density at radius 2 is 1.85 bits per heavy atom. The van der Waals surface area contributed by atoms with Crippen LogP contribution >= 0.6 is 0 Å². The van der Waals surface area contributed by atoms with Crippen LogP contribution < -0.4 is 5.43 Å². The highest BCUT2D eigenvalue weighted by Gasteiger charge is 2.16. The molecular weight excluding hydrogens is 324 g/mol. The minimum absolute atomic E-state index is 0.114. The molecule has 5 heteroatoms. The van der Waals surface area contributed by atoms with E-state index < -0.39 is 0 Å². The van der Waals surface area contributed by atoms with Gasteiger partial charge in [0.1, 0.15) is 11.3 Å². The van der Waals surface area contributed by atoms with Crippen molar-refractivity contribution in [1.29, 1.82) is 0 Å². The largest absolute Gasteiger partial charge is 0.295 e. The van der Waals surface area contributed by atoms with Gasteiger partial charge in [-0.2, -0.15) is 5.10 Å². The van der Waals surface area contributed by atoms with Crippen LogP contribution in [0.2, 0.25) is 0 Å². The Hall–Kier alpha value is -2.95. The highest BCUT2D eigenvalue weighted by Crippen LogP contribution is 2.21. The molecule has 0 aliphatic rings. The van der Waals surface area contributed by atoms with Crippen LogP contribution in [0.1, 0.15) is 53.6 Å². The summed E-state index contributed by atoms with van der Waals surface area (Å²) in [6.07, 6.45) is 3.50. The van der Waals surface area contributed by atoms with Gasteiger partial charge in [0.05, 0.1) is 11.9 Å². The zero-order valence-electron chi connectivity index (χ0n) is 15.9. The van der Waals surface area contributed by atoms with Gasteiger partial charge in [0.25, 0.3) is 5.91 Å². The summed E-state index contributed by atoms with van der Waals surface area (Å²) in [5.74, 6) is -0.276. The number of aryl methyl sites for hydroxylation is 2. The third-order valence-electron chi connectivity index (χ3n) is 4.33. The lowest BCUT2D eigenvalue weighted by Gasteiger charge is -2.18. The Balaban J connectivity index is 1.75. The highest BCUT2D eigenvalue weighted by atomic mass is 16.2. The van der Waals surface area contributed by atoms with Crippen molar-refractivity contribution in [2.24, 2.45) is 5.10 Å². The molecule has 0 atom stereocenters. The summed E-state index contributed by atoms with van der Waals surface area (Å²) in [5.41, 5.74) is 7.94. The molecule has 2 heterocycles. The van der Waals surface area contributed by atoms with Gasteiger partial charge in [-0.3, -0.25) is 9.20 Å².